The topological polar surface area (TPSA) is 79.2 Å². The molecule has 6 nitrogen and oxygen atoms in total. The van der Waals surface area contributed by atoms with Crippen LogP contribution < -0.4 is 9.47 Å². The molecule has 1 aromatic carbocycles. The Morgan fingerprint density at radius 2 is 2.15 bits per heavy atom. The van der Waals surface area contributed by atoms with Gasteiger partial charge >= 0.3 is 5.97 Å². The average Bonchev–Trinajstić information content (AvgIpc) is 3.10. The summed E-state index contributed by atoms with van der Waals surface area (Å²) in [6.45, 7) is 4.95. The summed E-state index contributed by atoms with van der Waals surface area (Å²) in [4.78, 5) is 15.0. The van der Waals surface area contributed by atoms with Crippen molar-refractivity contribution in [2.75, 3.05) is 6.54 Å². The van der Waals surface area contributed by atoms with Crippen molar-refractivity contribution >= 4 is 5.97 Å². The molecule has 8 rings (SSSR count). The zero-order valence-electron chi connectivity index (χ0n) is 19.2. The van der Waals surface area contributed by atoms with E-state index in [-0.39, 0.29) is 11.6 Å². The summed E-state index contributed by atoms with van der Waals surface area (Å²) in [7, 11) is 0. The van der Waals surface area contributed by atoms with E-state index in [2.05, 4.69) is 4.90 Å². The minimum Gasteiger partial charge on any atom is -0.482 e. The Hall–Kier alpha value is -2.15. The molecule has 2 spiro atoms. The summed E-state index contributed by atoms with van der Waals surface area (Å²) in [5, 5.41) is 23.4. The number of esters is 1. The minimum absolute atomic E-state index is 0.0734. The Kier molecular flexibility index (Phi) is 3.86. The number of aliphatic hydroxyl groups is 2. The maximum absolute atomic E-state index is 12.4. The number of fused-ring (bicyclic) bond motifs is 1. The van der Waals surface area contributed by atoms with Gasteiger partial charge in [0.2, 0.25) is 0 Å². The minimum atomic E-state index is -0.877. The fraction of sp³-hybridized carbons (Fsp3) is 0.593. The summed E-state index contributed by atoms with van der Waals surface area (Å²) in [6.07, 6.45) is 9.76. The highest BCUT2D eigenvalue weighted by atomic mass is 16.6. The van der Waals surface area contributed by atoms with E-state index >= 15 is 0 Å². The second kappa shape index (κ2) is 6.29. The van der Waals surface area contributed by atoms with Crippen molar-refractivity contribution in [3.8, 4) is 11.5 Å². The second-order valence-electron chi connectivity index (χ2n) is 11.4. The van der Waals surface area contributed by atoms with E-state index in [0.29, 0.717) is 23.8 Å². The lowest BCUT2D eigenvalue weighted by molar-refractivity contribution is -0.410. The Balaban J connectivity index is 1.27. The van der Waals surface area contributed by atoms with Gasteiger partial charge in [0, 0.05) is 24.2 Å². The molecule has 5 aliphatic carbocycles. The van der Waals surface area contributed by atoms with Crippen LogP contribution in [0, 0.1) is 5.92 Å². The predicted molar refractivity (Wildman–Crippen MR) is 121 cm³/mol. The molecule has 2 heterocycles. The number of allylic oxidation sites excluding steroid dienone is 3. The molecule has 0 radical (unpaired) electrons. The lowest BCUT2D eigenvalue weighted by Gasteiger charge is -2.87. The smallest absolute Gasteiger partial charge is 0.336 e. The van der Waals surface area contributed by atoms with E-state index in [1.54, 1.807) is 6.08 Å². The predicted octanol–water partition coefficient (Wildman–Crippen LogP) is 2.79. The summed E-state index contributed by atoms with van der Waals surface area (Å²) in [5.74, 6) is 1.17. The van der Waals surface area contributed by atoms with Crippen LogP contribution in [0.5, 0.6) is 11.5 Å². The standard InChI is InChI=1S/C27H31NO5/c1-15(2)5-3-8-21(30)32-19-10-9-17-11-20-27(31)25(28(20)13-16-6-4-7-16)12-18(29)24-26(27,14-25)22(17)23(19)33-24/h3,5,8-10,16,18,20,24,29,31H,4,6-7,11-14H2,1-2H3/b8-3+/t18-,20+,24-,25?,26-,27-/m0/s1. The van der Waals surface area contributed by atoms with Gasteiger partial charge < -0.3 is 19.7 Å². The SMILES string of the molecule is CC(C)=C/C=C/C(=O)Oc1ccc2c3c1O[C@H]1[C@@H](O)CC45C[C@]31[C@]4(O)[C@@H](C2)N5CC1CCC1. The van der Waals surface area contributed by atoms with Crippen LogP contribution in [0.25, 0.3) is 0 Å². The third kappa shape index (κ3) is 2.15. The van der Waals surface area contributed by atoms with Gasteiger partial charge in [-0.25, -0.2) is 4.79 Å². The number of piperidine rings is 1. The van der Waals surface area contributed by atoms with Crippen LogP contribution in [0.3, 0.4) is 0 Å². The summed E-state index contributed by atoms with van der Waals surface area (Å²) >= 11 is 0. The molecule has 1 saturated heterocycles. The highest BCUT2D eigenvalue weighted by Crippen LogP contribution is 2.81. The summed E-state index contributed by atoms with van der Waals surface area (Å²) < 4.78 is 12.0. The van der Waals surface area contributed by atoms with E-state index in [0.717, 1.165) is 36.1 Å². The molecular formula is C27H31NO5. The van der Waals surface area contributed by atoms with Crippen LogP contribution in [-0.2, 0) is 16.6 Å². The van der Waals surface area contributed by atoms with E-state index < -0.39 is 29.2 Å². The number of carbonyl (C=O) groups is 1. The molecule has 1 unspecified atom stereocenters. The van der Waals surface area contributed by atoms with Crippen molar-refractivity contribution in [2.45, 2.75) is 87.2 Å². The number of hydrogen-bond acceptors (Lipinski definition) is 6. The van der Waals surface area contributed by atoms with Crippen LogP contribution >= 0.6 is 0 Å². The molecular weight excluding hydrogens is 418 g/mol. The first-order valence-corrected chi connectivity index (χ1v) is 12.4. The first kappa shape index (κ1) is 20.2. The second-order valence-corrected chi connectivity index (χ2v) is 11.4. The molecule has 6 atom stereocenters. The number of carbonyl (C=O) groups excluding carboxylic acids is 1. The first-order chi connectivity index (χ1) is 15.8. The number of ether oxygens (including phenoxy) is 2. The average molecular weight is 450 g/mol. The van der Waals surface area contributed by atoms with E-state index in [4.69, 9.17) is 9.47 Å². The van der Waals surface area contributed by atoms with E-state index in [1.165, 1.54) is 25.3 Å². The molecule has 2 N–H and O–H groups in total. The van der Waals surface area contributed by atoms with Gasteiger partial charge in [-0.05, 0) is 63.5 Å². The maximum atomic E-state index is 12.4. The zero-order valence-corrected chi connectivity index (χ0v) is 19.2. The van der Waals surface area contributed by atoms with Gasteiger partial charge in [-0.3, -0.25) is 4.90 Å². The molecule has 5 fully saturated rings. The van der Waals surface area contributed by atoms with Crippen molar-refractivity contribution in [3.63, 3.8) is 0 Å². The van der Waals surface area contributed by atoms with E-state index in [1.807, 2.05) is 32.1 Å². The Labute approximate surface area is 193 Å². The molecule has 6 heteroatoms. The van der Waals surface area contributed by atoms with Crippen molar-refractivity contribution in [2.24, 2.45) is 5.92 Å². The molecule has 7 aliphatic rings. The van der Waals surface area contributed by atoms with Gasteiger partial charge in [0.25, 0.3) is 0 Å². The third-order valence-corrected chi connectivity index (χ3v) is 9.62. The fourth-order valence-corrected chi connectivity index (χ4v) is 8.24. The number of aliphatic hydroxyl groups excluding tert-OH is 1. The normalized spacial score (nSPS) is 41.4. The zero-order chi connectivity index (χ0) is 22.8. The molecule has 0 amide bonds. The van der Waals surface area contributed by atoms with Gasteiger partial charge in [0.15, 0.2) is 11.5 Å². The molecule has 1 aromatic rings. The van der Waals surface area contributed by atoms with Crippen molar-refractivity contribution in [1.29, 1.82) is 0 Å². The fourth-order valence-electron chi connectivity index (χ4n) is 8.24. The summed E-state index contributed by atoms with van der Waals surface area (Å²) in [5.41, 5.74) is 1.40. The van der Waals surface area contributed by atoms with Crippen molar-refractivity contribution in [3.05, 3.63) is 47.1 Å². The van der Waals surface area contributed by atoms with Crippen molar-refractivity contribution in [1.82, 2.24) is 4.90 Å². The first-order valence-electron chi connectivity index (χ1n) is 12.4. The lowest BCUT2D eigenvalue weighted by atomic mass is 9.28. The quantitative estimate of drug-likeness (QED) is 0.312. The Morgan fingerprint density at radius 3 is 2.88 bits per heavy atom. The molecule has 33 heavy (non-hydrogen) atoms. The van der Waals surface area contributed by atoms with Gasteiger partial charge in [-0.2, -0.15) is 0 Å². The number of likely N-dealkylation sites (tertiary alicyclic amines) is 1. The summed E-state index contributed by atoms with van der Waals surface area (Å²) in [6, 6.07) is 3.92. The molecule has 2 aliphatic heterocycles. The lowest BCUT2D eigenvalue weighted by Crippen LogP contribution is -3.03. The highest BCUT2D eigenvalue weighted by molar-refractivity contribution is 5.85. The Morgan fingerprint density at radius 1 is 1.33 bits per heavy atom. The highest BCUT2D eigenvalue weighted by Gasteiger charge is 2.93. The van der Waals surface area contributed by atoms with Gasteiger partial charge in [0.1, 0.15) is 11.7 Å². The molecule has 174 valence electrons. The van der Waals surface area contributed by atoms with Crippen LogP contribution in [0.2, 0.25) is 0 Å². The van der Waals surface area contributed by atoms with Crippen LogP contribution in [0.1, 0.15) is 57.1 Å². The maximum Gasteiger partial charge on any atom is 0.336 e. The number of rotatable bonds is 5. The van der Waals surface area contributed by atoms with Gasteiger partial charge in [0.05, 0.1) is 17.1 Å². The molecule has 2 bridgehead atoms. The van der Waals surface area contributed by atoms with Crippen molar-refractivity contribution < 1.29 is 24.5 Å². The van der Waals surface area contributed by atoms with E-state index in [9.17, 15) is 15.0 Å². The number of nitrogens with zero attached hydrogens (tertiary/aromatic N) is 1. The number of benzene rings is 1. The Bertz CT molecular complexity index is 1130. The molecule has 0 aromatic heterocycles. The molecule has 4 saturated carbocycles. The largest absolute Gasteiger partial charge is 0.482 e. The third-order valence-electron chi connectivity index (χ3n) is 9.62. The van der Waals surface area contributed by atoms with Gasteiger partial charge in [-0.1, -0.05) is 30.2 Å². The van der Waals surface area contributed by atoms with Crippen LogP contribution in [0.15, 0.2) is 35.9 Å². The monoisotopic (exact) mass is 449 g/mol. The van der Waals surface area contributed by atoms with Gasteiger partial charge in [-0.15, -0.1) is 0 Å². The van der Waals surface area contributed by atoms with Crippen LogP contribution in [-0.4, -0.2) is 57.0 Å². The van der Waals surface area contributed by atoms with Crippen LogP contribution in [0.4, 0.5) is 0 Å². The number of hydrogen-bond donors (Lipinski definition) is 2.